The lowest BCUT2D eigenvalue weighted by molar-refractivity contribution is -0.119. The molecule has 0 radical (unpaired) electrons. The van der Waals surface area contributed by atoms with Gasteiger partial charge in [-0.2, -0.15) is 0 Å². The first-order chi connectivity index (χ1) is 9.63. The number of aryl methyl sites for hydroxylation is 2. The van der Waals surface area contributed by atoms with E-state index < -0.39 is 0 Å². The molecule has 0 aliphatic rings. The molecule has 1 atom stereocenters. The molecule has 104 valence electrons. The number of carbonyl (C=O) groups excluding carboxylic acids is 1. The van der Waals surface area contributed by atoms with E-state index in [-0.39, 0.29) is 11.7 Å². The van der Waals surface area contributed by atoms with Crippen LogP contribution in [0.1, 0.15) is 28.2 Å². The van der Waals surface area contributed by atoms with Crippen LogP contribution in [0.2, 0.25) is 0 Å². The molecule has 0 spiro atoms. The maximum absolute atomic E-state index is 12.6. The van der Waals surface area contributed by atoms with Gasteiger partial charge in [-0.15, -0.1) is 0 Å². The molecule has 2 N–H and O–H groups in total. The van der Waals surface area contributed by atoms with Crippen LogP contribution in [-0.4, -0.2) is 12.3 Å². The quantitative estimate of drug-likeness (QED) is 0.904. The monoisotopic (exact) mass is 267 g/mol. The van der Waals surface area contributed by atoms with Gasteiger partial charge in [0.2, 0.25) is 0 Å². The third kappa shape index (κ3) is 3.14. The molecule has 0 fully saturated rings. The molecule has 2 nitrogen and oxygen atoms in total. The second-order valence-electron chi connectivity index (χ2n) is 5.21. The van der Waals surface area contributed by atoms with Crippen LogP contribution in [0.3, 0.4) is 0 Å². The Balaban J connectivity index is 2.23. The Bertz CT molecular complexity index is 569. The highest BCUT2D eigenvalue weighted by atomic mass is 16.1. The first kappa shape index (κ1) is 14.5. The molecule has 0 saturated heterocycles. The standard InChI is InChI=1S/C18H21NO/c1-13-7-6-8-14(2)16(13)11-18(20)17(12-19)15-9-4-3-5-10-15/h3-10,17H,11-12,19H2,1-2H3. The average Bonchev–Trinajstić information content (AvgIpc) is 2.45. The number of benzene rings is 2. The Morgan fingerprint density at radius 1 is 1.00 bits per heavy atom. The second-order valence-corrected chi connectivity index (χ2v) is 5.21. The van der Waals surface area contributed by atoms with Crippen LogP contribution in [0, 0.1) is 13.8 Å². The fourth-order valence-corrected chi connectivity index (χ4v) is 2.56. The number of ketones is 1. The fourth-order valence-electron chi connectivity index (χ4n) is 2.56. The number of carbonyl (C=O) groups is 1. The van der Waals surface area contributed by atoms with Gasteiger partial charge in [-0.1, -0.05) is 48.5 Å². The predicted molar refractivity (Wildman–Crippen MR) is 82.9 cm³/mol. The van der Waals surface area contributed by atoms with E-state index in [1.54, 1.807) is 0 Å². The molecule has 0 aliphatic heterocycles. The first-order valence-corrected chi connectivity index (χ1v) is 6.96. The predicted octanol–water partition coefficient (Wildman–Crippen LogP) is 3.16. The van der Waals surface area contributed by atoms with Crippen molar-refractivity contribution in [1.29, 1.82) is 0 Å². The molecule has 0 bridgehead atoms. The van der Waals surface area contributed by atoms with Crippen LogP contribution < -0.4 is 5.73 Å². The van der Waals surface area contributed by atoms with E-state index in [0.717, 1.165) is 11.1 Å². The van der Waals surface area contributed by atoms with E-state index in [1.807, 2.05) is 36.4 Å². The summed E-state index contributed by atoms with van der Waals surface area (Å²) in [5.41, 5.74) is 10.3. The zero-order chi connectivity index (χ0) is 14.5. The van der Waals surface area contributed by atoms with Crippen molar-refractivity contribution >= 4 is 5.78 Å². The van der Waals surface area contributed by atoms with Gasteiger partial charge < -0.3 is 5.73 Å². The molecule has 2 rings (SSSR count). The number of Topliss-reactive ketones (excluding diaryl/α,β-unsaturated/α-hetero) is 1. The molecule has 2 aromatic carbocycles. The highest BCUT2D eigenvalue weighted by Gasteiger charge is 2.20. The summed E-state index contributed by atoms with van der Waals surface area (Å²) in [5, 5.41) is 0. The minimum atomic E-state index is -0.213. The molecule has 2 aromatic rings. The van der Waals surface area contributed by atoms with Crippen LogP contribution in [0.15, 0.2) is 48.5 Å². The highest BCUT2D eigenvalue weighted by molar-refractivity contribution is 5.88. The molecule has 20 heavy (non-hydrogen) atoms. The zero-order valence-electron chi connectivity index (χ0n) is 12.1. The van der Waals surface area contributed by atoms with Crippen molar-refractivity contribution in [3.63, 3.8) is 0 Å². The molecule has 0 heterocycles. The van der Waals surface area contributed by atoms with Gasteiger partial charge in [0.05, 0.1) is 5.92 Å². The minimum absolute atomic E-state index is 0.191. The van der Waals surface area contributed by atoms with Gasteiger partial charge in [-0.25, -0.2) is 0 Å². The fraction of sp³-hybridized carbons (Fsp3) is 0.278. The van der Waals surface area contributed by atoms with E-state index in [1.165, 1.54) is 11.1 Å². The molecular weight excluding hydrogens is 246 g/mol. The molecule has 0 saturated carbocycles. The van der Waals surface area contributed by atoms with Crippen LogP contribution in [-0.2, 0) is 11.2 Å². The van der Waals surface area contributed by atoms with Crippen LogP contribution in [0.5, 0.6) is 0 Å². The topological polar surface area (TPSA) is 43.1 Å². The van der Waals surface area contributed by atoms with Gasteiger partial charge in [0, 0.05) is 13.0 Å². The lowest BCUT2D eigenvalue weighted by atomic mass is 9.88. The Kier molecular flexibility index (Phi) is 4.70. The Morgan fingerprint density at radius 3 is 2.15 bits per heavy atom. The van der Waals surface area contributed by atoms with Gasteiger partial charge >= 0.3 is 0 Å². The summed E-state index contributed by atoms with van der Waals surface area (Å²) in [5.74, 6) is -0.0219. The Morgan fingerprint density at radius 2 is 1.60 bits per heavy atom. The van der Waals surface area contributed by atoms with E-state index in [2.05, 4.69) is 26.0 Å². The summed E-state index contributed by atoms with van der Waals surface area (Å²) in [6.07, 6.45) is 0.454. The summed E-state index contributed by atoms with van der Waals surface area (Å²) in [6, 6.07) is 15.9. The summed E-state index contributed by atoms with van der Waals surface area (Å²) >= 11 is 0. The van der Waals surface area contributed by atoms with Crippen molar-refractivity contribution in [3.05, 3.63) is 70.8 Å². The molecule has 0 amide bonds. The summed E-state index contributed by atoms with van der Waals surface area (Å²) in [4.78, 5) is 12.6. The Labute approximate surface area is 120 Å². The third-order valence-corrected chi connectivity index (χ3v) is 3.82. The van der Waals surface area contributed by atoms with E-state index >= 15 is 0 Å². The molecule has 0 aliphatic carbocycles. The number of nitrogens with two attached hydrogens (primary N) is 1. The number of rotatable bonds is 5. The van der Waals surface area contributed by atoms with Gasteiger partial charge in [0.25, 0.3) is 0 Å². The summed E-state index contributed by atoms with van der Waals surface area (Å²) < 4.78 is 0. The third-order valence-electron chi connectivity index (χ3n) is 3.82. The van der Waals surface area contributed by atoms with Crippen molar-refractivity contribution in [2.75, 3.05) is 6.54 Å². The molecule has 0 aromatic heterocycles. The van der Waals surface area contributed by atoms with Crippen LogP contribution >= 0.6 is 0 Å². The van der Waals surface area contributed by atoms with Gasteiger partial charge in [0.15, 0.2) is 0 Å². The molecule has 1 unspecified atom stereocenters. The van der Waals surface area contributed by atoms with E-state index in [9.17, 15) is 4.79 Å². The minimum Gasteiger partial charge on any atom is -0.329 e. The van der Waals surface area contributed by atoms with Gasteiger partial charge in [-0.05, 0) is 36.1 Å². The summed E-state index contributed by atoms with van der Waals surface area (Å²) in [6.45, 7) is 4.46. The van der Waals surface area contributed by atoms with Gasteiger partial charge in [-0.3, -0.25) is 4.79 Å². The molecular formula is C18H21NO. The second kappa shape index (κ2) is 6.49. The lowest BCUT2D eigenvalue weighted by Gasteiger charge is -2.16. The number of hydrogen-bond acceptors (Lipinski definition) is 2. The maximum atomic E-state index is 12.6. The normalized spacial score (nSPS) is 12.2. The first-order valence-electron chi connectivity index (χ1n) is 6.96. The van der Waals surface area contributed by atoms with Gasteiger partial charge in [0.1, 0.15) is 5.78 Å². The van der Waals surface area contributed by atoms with Crippen molar-refractivity contribution in [2.45, 2.75) is 26.2 Å². The highest BCUT2D eigenvalue weighted by Crippen LogP contribution is 2.21. The maximum Gasteiger partial charge on any atom is 0.145 e. The van der Waals surface area contributed by atoms with Crippen LogP contribution in [0.4, 0.5) is 0 Å². The van der Waals surface area contributed by atoms with Crippen molar-refractivity contribution in [1.82, 2.24) is 0 Å². The number of hydrogen-bond donors (Lipinski definition) is 1. The largest absolute Gasteiger partial charge is 0.329 e. The summed E-state index contributed by atoms with van der Waals surface area (Å²) in [7, 11) is 0. The SMILES string of the molecule is Cc1cccc(C)c1CC(=O)C(CN)c1ccccc1. The Hall–Kier alpha value is -1.93. The smallest absolute Gasteiger partial charge is 0.145 e. The van der Waals surface area contributed by atoms with E-state index in [0.29, 0.717) is 13.0 Å². The van der Waals surface area contributed by atoms with Crippen molar-refractivity contribution < 1.29 is 4.79 Å². The van der Waals surface area contributed by atoms with Crippen molar-refractivity contribution in [3.8, 4) is 0 Å². The average molecular weight is 267 g/mol. The molecule has 2 heteroatoms. The van der Waals surface area contributed by atoms with Crippen molar-refractivity contribution in [2.24, 2.45) is 5.73 Å². The zero-order valence-corrected chi connectivity index (χ0v) is 12.1. The lowest BCUT2D eigenvalue weighted by Crippen LogP contribution is -2.23. The van der Waals surface area contributed by atoms with E-state index in [4.69, 9.17) is 5.73 Å². The van der Waals surface area contributed by atoms with Crippen LogP contribution in [0.25, 0.3) is 0 Å².